The Labute approximate surface area is 181 Å². The zero-order valence-corrected chi connectivity index (χ0v) is 17.7. The third-order valence-corrected chi connectivity index (χ3v) is 5.09. The van der Waals surface area contributed by atoms with Gasteiger partial charge in [-0.1, -0.05) is 30.3 Å². The van der Waals surface area contributed by atoms with E-state index in [4.69, 9.17) is 9.47 Å². The lowest BCUT2D eigenvalue weighted by Crippen LogP contribution is -2.56. The van der Waals surface area contributed by atoms with Crippen molar-refractivity contribution in [2.45, 2.75) is 25.3 Å². The Bertz CT molecular complexity index is 934. The number of esters is 1. The number of benzene rings is 2. The smallest absolute Gasteiger partial charge is 0.329 e. The van der Waals surface area contributed by atoms with Gasteiger partial charge in [-0.05, 0) is 37.6 Å². The highest BCUT2D eigenvalue weighted by molar-refractivity contribution is 6.02. The first kappa shape index (κ1) is 22.3. The maximum absolute atomic E-state index is 12.6. The Hall–Kier alpha value is -3.39. The Morgan fingerprint density at radius 1 is 1.10 bits per heavy atom. The molecule has 0 aliphatic carbocycles. The molecule has 1 fully saturated rings. The number of hydrogen-bond acceptors (Lipinski definition) is 6. The van der Waals surface area contributed by atoms with Crippen LogP contribution in [0.1, 0.15) is 19.8 Å². The number of rotatable bonds is 9. The SMILES string of the molecule is COC(=O)C(C)(COc1ccccc1)NCC(=O)Nc1ccccc1N1CCCC1=O. The molecule has 0 saturated carbocycles. The first-order valence-corrected chi connectivity index (χ1v) is 10.1. The first-order valence-electron chi connectivity index (χ1n) is 10.1. The number of carbonyl (C=O) groups excluding carboxylic acids is 3. The molecule has 0 bridgehead atoms. The number of ether oxygens (including phenoxy) is 2. The molecule has 0 radical (unpaired) electrons. The number of anilines is 2. The molecular weight excluding hydrogens is 398 g/mol. The zero-order valence-electron chi connectivity index (χ0n) is 17.7. The summed E-state index contributed by atoms with van der Waals surface area (Å²) in [5, 5.41) is 5.77. The normalized spacial score (nSPS) is 15.3. The minimum atomic E-state index is -1.23. The molecule has 0 aromatic heterocycles. The summed E-state index contributed by atoms with van der Waals surface area (Å²) in [5.74, 6) is -0.252. The van der Waals surface area contributed by atoms with E-state index in [1.54, 1.807) is 42.2 Å². The molecule has 8 nitrogen and oxygen atoms in total. The van der Waals surface area contributed by atoms with Crippen molar-refractivity contribution in [3.8, 4) is 5.75 Å². The van der Waals surface area contributed by atoms with E-state index >= 15 is 0 Å². The van der Waals surface area contributed by atoms with Crippen molar-refractivity contribution < 1.29 is 23.9 Å². The van der Waals surface area contributed by atoms with Crippen LogP contribution >= 0.6 is 0 Å². The van der Waals surface area contributed by atoms with Gasteiger partial charge in [0.25, 0.3) is 0 Å². The zero-order chi connectivity index (χ0) is 22.3. The minimum Gasteiger partial charge on any atom is -0.491 e. The van der Waals surface area contributed by atoms with Gasteiger partial charge in [-0.2, -0.15) is 0 Å². The van der Waals surface area contributed by atoms with Gasteiger partial charge in [0.2, 0.25) is 11.8 Å². The molecule has 1 unspecified atom stereocenters. The molecular formula is C23H27N3O5. The van der Waals surface area contributed by atoms with E-state index in [2.05, 4.69) is 10.6 Å². The molecule has 31 heavy (non-hydrogen) atoms. The number of nitrogens with zero attached hydrogens (tertiary/aromatic N) is 1. The number of carbonyl (C=O) groups is 3. The summed E-state index contributed by atoms with van der Waals surface area (Å²) >= 11 is 0. The van der Waals surface area contributed by atoms with Gasteiger partial charge in [0.1, 0.15) is 17.9 Å². The Morgan fingerprint density at radius 3 is 2.48 bits per heavy atom. The molecule has 8 heteroatoms. The minimum absolute atomic E-state index is 0.0180. The third-order valence-electron chi connectivity index (χ3n) is 5.09. The second-order valence-corrected chi connectivity index (χ2v) is 7.49. The van der Waals surface area contributed by atoms with Crippen LogP contribution < -0.4 is 20.3 Å². The summed E-state index contributed by atoms with van der Waals surface area (Å²) in [5.41, 5.74) is -0.0156. The molecule has 1 aliphatic heterocycles. The van der Waals surface area contributed by atoms with E-state index < -0.39 is 11.5 Å². The van der Waals surface area contributed by atoms with E-state index in [0.717, 1.165) is 6.42 Å². The Morgan fingerprint density at radius 2 is 1.81 bits per heavy atom. The van der Waals surface area contributed by atoms with Crippen molar-refractivity contribution in [1.29, 1.82) is 0 Å². The largest absolute Gasteiger partial charge is 0.491 e. The van der Waals surface area contributed by atoms with Crippen molar-refractivity contribution in [2.75, 3.05) is 37.0 Å². The van der Waals surface area contributed by atoms with Gasteiger partial charge in [-0.3, -0.25) is 14.9 Å². The molecule has 2 N–H and O–H groups in total. The van der Waals surface area contributed by atoms with E-state index in [1.807, 2.05) is 24.3 Å². The van der Waals surface area contributed by atoms with Crippen molar-refractivity contribution in [1.82, 2.24) is 5.32 Å². The molecule has 1 atom stereocenters. The van der Waals surface area contributed by atoms with E-state index in [9.17, 15) is 14.4 Å². The molecule has 2 aromatic rings. The quantitative estimate of drug-likeness (QED) is 0.599. The van der Waals surface area contributed by atoms with Gasteiger partial charge in [-0.15, -0.1) is 0 Å². The second-order valence-electron chi connectivity index (χ2n) is 7.49. The van der Waals surface area contributed by atoms with Gasteiger partial charge in [-0.25, -0.2) is 4.79 Å². The van der Waals surface area contributed by atoms with Crippen LogP contribution in [0.15, 0.2) is 54.6 Å². The van der Waals surface area contributed by atoms with Crippen LogP contribution in [0.5, 0.6) is 5.75 Å². The number of nitrogens with one attached hydrogen (secondary N) is 2. The molecule has 1 aliphatic rings. The molecule has 0 spiro atoms. The van der Waals surface area contributed by atoms with Crippen LogP contribution in [-0.4, -0.2) is 50.1 Å². The van der Waals surface area contributed by atoms with Crippen LogP contribution in [0.2, 0.25) is 0 Å². The fraction of sp³-hybridized carbons (Fsp3) is 0.348. The molecule has 3 rings (SSSR count). The van der Waals surface area contributed by atoms with Crippen LogP contribution in [-0.2, 0) is 19.1 Å². The van der Waals surface area contributed by atoms with Crippen molar-refractivity contribution in [2.24, 2.45) is 0 Å². The summed E-state index contributed by atoms with van der Waals surface area (Å²) in [7, 11) is 1.29. The average molecular weight is 425 g/mol. The number of hydrogen-bond donors (Lipinski definition) is 2. The summed E-state index contributed by atoms with van der Waals surface area (Å²) in [6.45, 7) is 2.08. The number of methoxy groups -OCH3 is 1. The number of amides is 2. The second kappa shape index (κ2) is 10.1. The molecule has 1 saturated heterocycles. The van der Waals surface area contributed by atoms with Crippen LogP contribution in [0.4, 0.5) is 11.4 Å². The van der Waals surface area contributed by atoms with Gasteiger partial charge < -0.3 is 19.7 Å². The van der Waals surface area contributed by atoms with Crippen molar-refractivity contribution in [3.63, 3.8) is 0 Å². The van der Waals surface area contributed by atoms with E-state index in [1.165, 1.54) is 7.11 Å². The fourth-order valence-corrected chi connectivity index (χ4v) is 3.34. The highest BCUT2D eigenvalue weighted by Crippen LogP contribution is 2.29. The van der Waals surface area contributed by atoms with Crippen LogP contribution in [0.25, 0.3) is 0 Å². The highest BCUT2D eigenvalue weighted by Gasteiger charge is 2.36. The molecule has 164 valence electrons. The lowest BCUT2D eigenvalue weighted by molar-refractivity contribution is -0.149. The Balaban J connectivity index is 1.64. The van der Waals surface area contributed by atoms with Crippen molar-refractivity contribution >= 4 is 29.2 Å². The van der Waals surface area contributed by atoms with Crippen LogP contribution in [0.3, 0.4) is 0 Å². The maximum atomic E-state index is 12.6. The first-order chi connectivity index (χ1) is 14.9. The molecule has 2 amide bonds. The highest BCUT2D eigenvalue weighted by atomic mass is 16.5. The van der Waals surface area contributed by atoms with E-state index in [0.29, 0.717) is 30.1 Å². The predicted molar refractivity (Wildman–Crippen MR) is 117 cm³/mol. The summed E-state index contributed by atoms with van der Waals surface area (Å²) in [6, 6.07) is 16.2. The monoisotopic (exact) mass is 425 g/mol. The van der Waals surface area contributed by atoms with Gasteiger partial charge >= 0.3 is 5.97 Å². The van der Waals surface area contributed by atoms with Crippen LogP contribution in [0, 0.1) is 0 Å². The summed E-state index contributed by atoms with van der Waals surface area (Å²) in [4.78, 5) is 38.8. The third kappa shape index (κ3) is 5.61. The lowest BCUT2D eigenvalue weighted by atomic mass is 10.0. The summed E-state index contributed by atoms with van der Waals surface area (Å²) < 4.78 is 10.6. The van der Waals surface area contributed by atoms with Gasteiger partial charge in [0, 0.05) is 13.0 Å². The number of para-hydroxylation sites is 3. The Kier molecular flexibility index (Phi) is 7.25. The lowest BCUT2D eigenvalue weighted by Gasteiger charge is -2.28. The standard InChI is InChI=1S/C23H27N3O5/c1-23(22(29)30-2,16-31-17-9-4-3-5-10-17)24-15-20(27)25-18-11-6-7-12-19(18)26-14-8-13-21(26)28/h3-7,9-12,24H,8,13-16H2,1-2H3,(H,25,27). The topological polar surface area (TPSA) is 97.0 Å². The van der Waals surface area contributed by atoms with E-state index in [-0.39, 0.29) is 25.0 Å². The molecule has 1 heterocycles. The van der Waals surface area contributed by atoms with Gasteiger partial charge in [0.05, 0.1) is 25.0 Å². The summed E-state index contributed by atoms with van der Waals surface area (Å²) in [6.07, 6.45) is 1.30. The predicted octanol–water partition coefficient (Wildman–Crippen LogP) is 2.35. The van der Waals surface area contributed by atoms with Gasteiger partial charge in [0.15, 0.2) is 0 Å². The molecule has 2 aromatic carbocycles. The maximum Gasteiger partial charge on any atom is 0.329 e. The average Bonchev–Trinajstić information content (AvgIpc) is 3.22. The fourth-order valence-electron chi connectivity index (χ4n) is 3.34. The van der Waals surface area contributed by atoms with Crippen molar-refractivity contribution in [3.05, 3.63) is 54.6 Å².